The molecule has 1 fully saturated rings. The van der Waals surface area contributed by atoms with Crippen molar-refractivity contribution >= 4 is 25.4 Å². The Morgan fingerprint density at radius 1 is 1.64 bits per heavy atom. The fraction of sp³-hybridized carbons (Fsp3) is 0.500. The van der Waals surface area contributed by atoms with Gasteiger partial charge in [-0.2, -0.15) is 4.98 Å². The minimum absolute atomic E-state index is 0.0602. The SMILES string of the molecule is Nc1nc2c(ncn2[C@H]2C[C@H](O)[C@@H](CO[P](=O)O)O2)c(=O)[nH]1. The van der Waals surface area contributed by atoms with Crippen LogP contribution in [0, 0.1) is 0 Å². The summed E-state index contributed by atoms with van der Waals surface area (Å²) < 4.78 is 22.1. The predicted octanol–water partition coefficient (Wildman–Crippen LogP) is -0.984. The summed E-state index contributed by atoms with van der Waals surface area (Å²) in [6.07, 6.45) is -0.751. The fourth-order valence-electron chi connectivity index (χ4n) is 2.33. The lowest BCUT2D eigenvalue weighted by Crippen LogP contribution is -2.25. The number of aliphatic hydroxyl groups is 1. The number of ether oxygens (including phenoxy) is 1. The third-order valence-electron chi connectivity index (χ3n) is 3.31. The molecule has 22 heavy (non-hydrogen) atoms. The van der Waals surface area contributed by atoms with Gasteiger partial charge in [0.1, 0.15) is 12.3 Å². The van der Waals surface area contributed by atoms with Crippen LogP contribution in [0.2, 0.25) is 0 Å². The van der Waals surface area contributed by atoms with Gasteiger partial charge in [0.05, 0.1) is 19.0 Å². The number of nitrogens with one attached hydrogen (secondary N) is 1. The second kappa shape index (κ2) is 5.71. The van der Waals surface area contributed by atoms with Crippen LogP contribution in [0.4, 0.5) is 5.95 Å². The number of hydrogen-bond donors (Lipinski definition) is 4. The van der Waals surface area contributed by atoms with Gasteiger partial charge in [0.15, 0.2) is 11.2 Å². The minimum atomic E-state index is -2.77. The molecule has 0 aromatic carbocycles. The summed E-state index contributed by atoms with van der Waals surface area (Å²) >= 11 is 0. The van der Waals surface area contributed by atoms with E-state index in [1.165, 1.54) is 10.9 Å². The summed E-state index contributed by atoms with van der Waals surface area (Å²) in [5, 5.41) is 9.92. The molecule has 0 bridgehead atoms. The number of nitrogens with zero attached hydrogens (tertiary/aromatic N) is 3. The van der Waals surface area contributed by atoms with Gasteiger partial charge in [0.25, 0.3) is 5.56 Å². The van der Waals surface area contributed by atoms with E-state index in [0.717, 1.165) is 0 Å². The van der Waals surface area contributed by atoms with E-state index in [4.69, 9.17) is 15.4 Å². The van der Waals surface area contributed by atoms with Crippen LogP contribution in [0.25, 0.3) is 11.2 Å². The molecule has 3 rings (SSSR count). The topological polar surface area (TPSA) is 166 Å². The maximum atomic E-state index is 11.7. The Hall–Kier alpha value is -1.91. The Labute approximate surface area is 123 Å². The van der Waals surface area contributed by atoms with Crippen molar-refractivity contribution < 1.29 is 23.8 Å². The molecule has 0 spiro atoms. The zero-order valence-corrected chi connectivity index (χ0v) is 12.0. The maximum Gasteiger partial charge on any atom is 0.366 e. The molecule has 1 aliphatic rings. The van der Waals surface area contributed by atoms with Gasteiger partial charge < -0.3 is 15.6 Å². The van der Waals surface area contributed by atoms with E-state index in [9.17, 15) is 14.5 Å². The second-order valence-electron chi connectivity index (χ2n) is 4.74. The molecule has 0 aliphatic carbocycles. The van der Waals surface area contributed by atoms with Gasteiger partial charge in [0, 0.05) is 6.42 Å². The fourth-order valence-corrected chi connectivity index (χ4v) is 2.60. The quantitative estimate of drug-likeness (QED) is 0.515. The minimum Gasteiger partial charge on any atom is -0.390 e. The number of imidazole rings is 1. The summed E-state index contributed by atoms with van der Waals surface area (Å²) in [6, 6.07) is 0. The summed E-state index contributed by atoms with van der Waals surface area (Å²) in [7, 11) is -2.77. The lowest BCUT2D eigenvalue weighted by Gasteiger charge is -2.14. The van der Waals surface area contributed by atoms with Crippen LogP contribution in [0.5, 0.6) is 0 Å². The molecule has 0 saturated carbocycles. The van der Waals surface area contributed by atoms with Crippen LogP contribution in [0.3, 0.4) is 0 Å². The zero-order chi connectivity index (χ0) is 15.9. The number of aliphatic hydroxyl groups excluding tert-OH is 1. The van der Waals surface area contributed by atoms with Gasteiger partial charge in [-0.25, -0.2) is 9.55 Å². The molecule has 3 heterocycles. The van der Waals surface area contributed by atoms with E-state index in [1.807, 2.05) is 0 Å². The number of fused-ring (bicyclic) bond motifs is 1. The van der Waals surface area contributed by atoms with Crippen molar-refractivity contribution in [3.8, 4) is 0 Å². The first-order valence-corrected chi connectivity index (χ1v) is 7.43. The van der Waals surface area contributed by atoms with Crippen LogP contribution < -0.4 is 11.3 Å². The van der Waals surface area contributed by atoms with Crippen molar-refractivity contribution in [1.82, 2.24) is 19.5 Å². The number of hydrogen-bond acceptors (Lipinski definition) is 8. The molecule has 1 radical (unpaired) electrons. The third-order valence-corrected chi connectivity index (χ3v) is 3.68. The highest BCUT2D eigenvalue weighted by molar-refractivity contribution is 7.32. The van der Waals surface area contributed by atoms with Gasteiger partial charge >= 0.3 is 8.25 Å². The molecule has 11 nitrogen and oxygen atoms in total. The largest absolute Gasteiger partial charge is 0.390 e. The van der Waals surface area contributed by atoms with Crippen LogP contribution in [0.1, 0.15) is 12.6 Å². The molecule has 5 N–H and O–H groups in total. The molecular formula is C10H13N5O6P. The smallest absolute Gasteiger partial charge is 0.366 e. The van der Waals surface area contributed by atoms with Crippen molar-refractivity contribution in [3.63, 3.8) is 0 Å². The molecule has 4 atom stereocenters. The van der Waals surface area contributed by atoms with E-state index < -0.39 is 32.2 Å². The van der Waals surface area contributed by atoms with Crippen LogP contribution in [-0.2, 0) is 13.8 Å². The summed E-state index contributed by atoms with van der Waals surface area (Å²) in [5.74, 6) is -0.0602. The zero-order valence-electron chi connectivity index (χ0n) is 11.1. The molecule has 12 heteroatoms. The molecule has 119 valence electrons. The van der Waals surface area contributed by atoms with Gasteiger partial charge in [-0.05, 0) is 0 Å². The summed E-state index contributed by atoms with van der Waals surface area (Å²) in [4.78, 5) is 30.6. The standard InChI is InChI=1S/C10H13N5O6P/c11-10-13-8-7(9(17)14-10)12-3-15(8)6-1-4(16)5(21-6)2-20-22(18)19/h3-6,16H,1-2H2,(H,18,19)(H3,11,13,14,17)/t4-,5+,6+/m0/s1. The van der Waals surface area contributed by atoms with Crippen molar-refractivity contribution in [1.29, 1.82) is 0 Å². The summed E-state index contributed by atoms with van der Waals surface area (Å²) in [5.41, 5.74) is 5.37. The van der Waals surface area contributed by atoms with Crippen LogP contribution >= 0.6 is 8.25 Å². The number of nitrogen functional groups attached to an aromatic ring is 1. The van der Waals surface area contributed by atoms with Crippen LogP contribution in [0.15, 0.2) is 11.1 Å². The molecule has 1 unspecified atom stereocenters. The van der Waals surface area contributed by atoms with Gasteiger partial charge in [-0.15, -0.1) is 0 Å². The van der Waals surface area contributed by atoms with Gasteiger partial charge in [-0.1, -0.05) is 0 Å². The monoisotopic (exact) mass is 330 g/mol. The molecule has 1 saturated heterocycles. The Morgan fingerprint density at radius 2 is 2.41 bits per heavy atom. The normalized spacial score (nSPS) is 25.7. The van der Waals surface area contributed by atoms with Crippen molar-refractivity contribution in [3.05, 3.63) is 16.7 Å². The number of rotatable bonds is 4. The Kier molecular flexibility index (Phi) is 3.89. The maximum absolute atomic E-state index is 11.7. The summed E-state index contributed by atoms with van der Waals surface area (Å²) in [6.45, 7) is -0.230. The highest BCUT2D eigenvalue weighted by atomic mass is 31.1. The van der Waals surface area contributed by atoms with Crippen molar-refractivity contribution in [2.24, 2.45) is 0 Å². The third kappa shape index (κ3) is 2.72. The van der Waals surface area contributed by atoms with Crippen molar-refractivity contribution in [2.45, 2.75) is 24.9 Å². The Morgan fingerprint density at radius 3 is 3.14 bits per heavy atom. The first-order chi connectivity index (χ1) is 10.5. The number of nitrogens with two attached hydrogens (primary N) is 1. The van der Waals surface area contributed by atoms with Gasteiger partial charge in [0.2, 0.25) is 5.95 Å². The van der Waals surface area contributed by atoms with E-state index >= 15 is 0 Å². The average Bonchev–Trinajstić information content (AvgIpc) is 3.00. The van der Waals surface area contributed by atoms with E-state index in [1.54, 1.807) is 0 Å². The molecule has 2 aromatic heterocycles. The number of aromatic nitrogens is 4. The first-order valence-electron chi connectivity index (χ1n) is 6.30. The van der Waals surface area contributed by atoms with Crippen molar-refractivity contribution in [2.75, 3.05) is 12.3 Å². The molecule has 1 aliphatic heterocycles. The molecule has 0 amide bonds. The number of aromatic amines is 1. The van der Waals surface area contributed by atoms with E-state index in [-0.39, 0.29) is 30.1 Å². The van der Waals surface area contributed by atoms with Gasteiger partial charge in [-0.3, -0.25) is 23.8 Å². The first kappa shape index (κ1) is 15.0. The Balaban J connectivity index is 1.86. The Bertz CT molecular complexity index is 775. The predicted molar refractivity (Wildman–Crippen MR) is 72.9 cm³/mol. The lowest BCUT2D eigenvalue weighted by molar-refractivity contribution is -0.0384. The van der Waals surface area contributed by atoms with E-state index in [2.05, 4.69) is 19.5 Å². The highest BCUT2D eigenvalue weighted by Crippen LogP contribution is 2.31. The van der Waals surface area contributed by atoms with E-state index in [0.29, 0.717) is 0 Å². The highest BCUT2D eigenvalue weighted by Gasteiger charge is 2.36. The number of H-pyrrole nitrogens is 1. The average molecular weight is 330 g/mol. The molecule has 2 aromatic rings. The second-order valence-corrected chi connectivity index (χ2v) is 5.47. The molecular weight excluding hydrogens is 317 g/mol. The number of anilines is 1. The van der Waals surface area contributed by atoms with Crippen LogP contribution in [-0.4, -0.2) is 48.3 Å². The lowest BCUT2D eigenvalue weighted by atomic mass is 10.2.